The van der Waals surface area contributed by atoms with Gasteiger partial charge in [-0.25, -0.2) is 13.1 Å². The number of nitrogens with one attached hydrogen (secondary N) is 1. The quantitative estimate of drug-likeness (QED) is 0.411. The number of ether oxygens (including phenoxy) is 1. The summed E-state index contributed by atoms with van der Waals surface area (Å²) in [5.74, 6) is 5.15. The fourth-order valence-electron chi connectivity index (χ4n) is 3.51. The number of rotatable bonds is 5. The number of aliphatic hydroxyl groups excluding tert-OH is 1. The largest absolute Gasteiger partial charge is 0.496 e. The second-order valence-electron chi connectivity index (χ2n) is 7.26. The van der Waals surface area contributed by atoms with Crippen molar-refractivity contribution >= 4 is 38.2 Å². The number of carbonyl (C=O) groups is 1. The van der Waals surface area contributed by atoms with Crippen molar-refractivity contribution in [2.45, 2.75) is 11.8 Å². The number of aliphatic hydroxyl groups is 1. The fourth-order valence-corrected chi connectivity index (χ4v) is 5.63. The molecule has 0 aliphatic rings. The molecule has 2 aromatic carbocycles. The van der Waals surface area contributed by atoms with E-state index in [1.54, 1.807) is 55.6 Å². The summed E-state index contributed by atoms with van der Waals surface area (Å²) in [5, 5.41) is 9.64. The maximum absolute atomic E-state index is 13.3. The Kier molecular flexibility index (Phi) is 6.65. The molecule has 0 atom stereocenters. The molecule has 0 bridgehead atoms. The lowest BCUT2D eigenvalue weighted by Gasteiger charge is -2.14. The van der Waals surface area contributed by atoms with E-state index in [0.29, 0.717) is 27.3 Å². The molecule has 9 heteroatoms. The molecule has 0 aliphatic carbocycles. The molecule has 34 heavy (non-hydrogen) atoms. The van der Waals surface area contributed by atoms with Crippen LogP contribution in [-0.2, 0) is 10.0 Å². The SMILES string of the molecule is COc1cc(C)c(S(=O)(=O)NC(=O)c2cccc3cccnc23)cc1-c1ccc(C#CCO)s1. The molecule has 0 fully saturated rings. The molecule has 2 heterocycles. The molecule has 0 unspecified atom stereocenters. The Morgan fingerprint density at radius 2 is 1.97 bits per heavy atom. The van der Waals surface area contributed by atoms with Crippen molar-refractivity contribution in [1.29, 1.82) is 0 Å². The van der Waals surface area contributed by atoms with Crippen LogP contribution in [0.25, 0.3) is 21.3 Å². The van der Waals surface area contributed by atoms with Crippen LogP contribution in [0, 0.1) is 18.8 Å². The molecule has 2 N–H and O–H groups in total. The molecule has 1 amide bonds. The van der Waals surface area contributed by atoms with Gasteiger partial charge in [0, 0.05) is 22.0 Å². The van der Waals surface area contributed by atoms with E-state index in [4.69, 9.17) is 9.84 Å². The van der Waals surface area contributed by atoms with Gasteiger partial charge in [-0.3, -0.25) is 9.78 Å². The van der Waals surface area contributed by atoms with Gasteiger partial charge in [0.05, 0.1) is 28.0 Å². The minimum Gasteiger partial charge on any atom is -0.496 e. The molecule has 0 saturated carbocycles. The minimum atomic E-state index is -4.21. The van der Waals surface area contributed by atoms with Crippen LogP contribution in [0.2, 0.25) is 0 Å². The van der Waals surface area contributed by atoms with Gasteiger partial charge in [0.15, 0.2) is 0 Å². The minimum absolute atomic E-state index is 0.0405. The van der Waals surface area contributed by atoms with Crippen LogP contribution in [0.1, 0.15) is 20.8 Å². The molecular formula is C25H20N2O5S2. The van der Waals surface area contributed by atoms with Gasteiger partial charge in [-0.1, -0.05) is 30.0 Å². The van der Waals surface area contributed by atoms with Crippen molar-refractivity contribution in [2.24, 2.45) is 0 Å². The standard InChI is InChI=1S/C25H20N2O5S2/c1-16-14-21(32-2)20(22-11-10-18(33-22)8-5-13-28)15-23(16)34(30,31)27-25(29)19-9-3-6-17-7-4-12-26-24(17)19/h3-4,6-7,9-12,14-15,28H,13H2,1-2H3,(H,27,29). The van der Waals surface area contributed by atoms with Gasteiger partial charge >= 0.3 is 0 Å². The normalized spacial score (nSPS) is 11.0. The average Bonchev–Trinajstić information content (AvgIpc) is 3.30. The number of thiophene rings is 1. The Bertz CT molecular complexity index is 1560. The maximum Gasteiger partial charge on any atom is 0.267 e. The van der Waals surface area contributed by atoms with Crippen LogP contribution in [0.4, 0.5) is 0 Å². The zero-order valence-electron chi connectivity index (χ0n) is 18.3. The number of aryl methyl sites for hydroxylation is 1. The molecule has 0 spiro atoms. The zero-order chi connectivity index (χ0) is 24.3. The van der Waals surface area contributed by atoms with Crippen LogP contribution < -0.4 is 9.46 Å². The van der Waals surface area contributed by atoms with Crippen molar-refractivity contribution in [3.8, 4) is 28.0 Å². The third-order valence-electron chi connectivity index (χ3n) is 5.05. The molecule has 2 aromatic heterocycles. The smallest absolute Gasteiger partial charge is 0.267 e. The highest BCUT2D eigenvalue weighted by Crippen LogP contribution is 2.38. The van der Waals surface area contributed by atoms with Gasteiger partial charge in [-0.2, -0.15) is 0 Å². The Morgan fingerprint density at radius 1 is 1.18 bits per heavy atom. The third-order valence-corrected chi connectivity index (χ3v) is 7.56. The lowest BCUT2D eigenvalue weighted by atomic mass is 10.1. The highest BCUT2D eigenvalue weighted by molar-refractivity contribution is 7.90. The van der Waals surface area contributed by atoms with Crippen molar-refractivity contribution in [3.05, 3.63) is 76.8 Å². The number of hydrogen-bond donors (Lipinski definition) is 2. The van der Waals surface area contributed by atoms with Gasteiger partial charge in [-0.05, 0) is 48.9 Å². The van der Waals surface area contributed by atoms with Crippen molar-refractivity contribution in [1.82, 2.24) is 9.71 Å². The van der Waals surface area contributed by atoms with Crippen LogP contribution in [-0.4, -0.2) is 38.1 Å². The van der Waals surface area contributed by atoms with Crippen LogP contribution >= 0.6 is 11.3 Å². The summed E-state index contributed by atoms with van der Waals surface area (Å²) < 4.78 is 34.2. The number of para-hydroxylation sites is 1. The van der Waals surface area contributed by atoms with Crippen molar-refractivity contribution in [2.75, 3.05) is 13.7 Å². The second kappa shape index (κ2) is 9.65. The van der Waals surface area contributed by atoms with Gasteiger partial charge in [0.2, 0.25) is 0 Å². The highest BCUT2D eigenvalue weighted by atomic mass is 32.2. The summed E-state index contributed by atoms with van der Waals surface area (Å²) >= 11 is 1.34. The predicted octanol–water partition coefficient (Wildman–Crippen LogP) is 3.74. The first-order valence-corrected chi connectivity index (χ1v) is 12.4. The number of aromatic nitrogens is 1. The van der Waals surface area contributed by atoms with E-state index in [-0.39, 0.29) is 17.1 Å². The summed E-state index contributed by atoms with van der Waals surface area (Å²) in [6.07, 6.45) is 1.55. The Balaban J connectivity index is 1.73. The molecular weight excluding hydrogens is 472 g/mol. The summed E-state index contributed by atoms with van der Waals surface area (Å²) in [4.78, 5) is 18.6. The topological polar surface area (TPSA) is 106 Å². The van der Waals surface area contributed by atoms with E-state index in [1.807, 2.05) is 0 Å². The van der Waals surface area contributed by atoms with Gasteiger partial charge in [0.1, 0.15) is 12.4 Å². The fraction of sp³-hybridized carbons (Fsp3) is 0.120. The number of fused-ring (bicyclic) bond motifs is 1. The second-order valence-corrected chi connectivity index (χ2v) is 9.99. The van der Waals surface area contributed by atoms with Gasteiger partial charge in [-0.15, -0.1) is 11.3 Å². The molecule has 0 aliphatic heterocycles. The first kappa shape index (κ1) is 23.4. The first-order valence-electron chi connectivity index (χ1n) is 10.1. The van der Waals surface area contributed by atoms with Crippen molar-refractivity contribution < 1.29 is 23.1 Å². The summed E-state index contributed by atoms with van der Waals surface area (Å²) in [6, 6.07) is 15.2. The number of benzene rings is 2. The summed E-state index contributed by atoms with van der Waals surface area (Å²) in [6.45, 7) is 1.38. The van der Waals surface area contributed by atoms with Gasteiger partial charge in [0.25, 0.3) is 15.9 Å². The monoisotopic (exact) mass is 492 g/mol. The lowest BCUT2D eigenvalue weighted by molar-refractivity contribution is 0.0983. The van der Waals surface area contributed by atoms with Gasteiger partial charge < -0.3 is 9.84 Å². The number of carbonyl (C=O) groups excluding carboxylic acids is 1. The number of sulfonamides is 1. The van der Waals surface area contributed by atoms with E-state index in [2.05, 4.69) is 21.5 Å². The number of methoxy groups -OCH3 is 1. The van der Waals surface area contributed by atoms with Crippen LogP contribution in [0.15, 0.2) is 65.7 Å². The molecule has 7 nitrogen and oxygen atoms in total. The number of hydrogen-bond acceptors (Lipinski definition) is 7. The van der Waals surface area contributed by atoms with E-state index in [9.17, 15) is 13.2 Å². The highest BCUT2D eigenvalue weighted by Gasteiger charge is 2.24. The number of amides is 1. The first-order chi connectivity index (χ1) is 16.3. The summed E-state index contributed by atoms with van der Waals surface area (Å²) in [7, 11) is -2.71. The van der Waals surface area contributed by atoms with Crippen molar-refractivity contribution in [3.63, 3.8) is 0 Å². The molecule has 0 saturated heterocycles. The Morgan fingerprint density at radius 3 is 2.74 bits per heavy atom. The molecule has 172 valence electrons. The number of pyridine rings is 1. The average molecular weight is 493 g/mol. The van der Waals surface area contributed by atoms with E-state index in [0.717, 1.165) is 10.3 Å². The van der Waals surface area contributed by atoms with Crippen LogP contribution in [0.3, 0.4) is 0 Å². The lowest BCUT2D eigenvalue weighted by Crippen LogP contribution is -2.31. The maximum atomic E-state index is 13.3. The third kappa shape index (κ3) is 4.65. The number of nitrogens with zero attached hydrogens (tertiary/aromatic N) is 1. The van der Waals surface area contributed by atoms with E-state index >= 15 is 0 Å². The molecule has 0 radical (unpaired) electrons. The summed E-state index contributed by atoms with van der Waals surface area (Å²) in [5.41, 5.74) is 1.56. The Labute approximate surface area is 201 Å². The predicted molar refractivity (Wildman–Crippen MR) is 131 cm³/mol. The van der Waals surface area contributed by atoms with E-state index in [1.165, 1.54) is 30.6 Å². The molecule has 4 rings (SSSR count). The Hall–Kier alpha value is -3.71. The zero-order valence-corrected chi connectivity index (χ0v) is 20.0. The van der Waals surface area contributed by atoms with Crippen LogP contribution in [0.5, 0.6) is 5.75 Å². The molecule has 4 aromatic rings. The van der Waals surface area contributed by atoms with E-state index < -0.39 is 15.9 Å².